The minimum Gasteiger partial charge on any atom is -0.393 e. The quantitative estimate of drug-likeness (QED) is 0.583. The number of rotatable bonds is 1. The van der Waals surface area contributed by atoms with Gasteiger partial charge in [-0.15, -0.1) is 0 Å². The van der Waals surface area contributed by atoms with Gasteiger partial charge in [0, 0.05) is 24.4 Å². The Morgan fingerprint density at radius 1 is 1.26 bits per heavy atom. The lowest BCUT2D eigenvalue weighted by Crippen LogP contribution is -2.38. The van der Waals surface area contributed by atoms with Crippen LogP contribution in [-0.2, 0) is 0 Å². The highest BCUT2D eigenvalue weighted by atomic mass is 79.9. The number of halogens is 4. The maximum absolute atomic E-state index is 14.3. The smallest absolute Gasteiger partial charge is 0.225 e. The summed E-state index contributed by atoms with van der Waals surface area (Å²) in [6, 6.07) is 1.22. The van der Waals surface area contributed by atoms with Crippen LogP contribution in [0.5, 0.6) is 0 Å². The van der Waals surface area contributed by atoms with E-state index in [2.05, 4.69) is 25.9 Å². The van der Waals surface area contributed by atoms with Crippen LogP contribution in [-0.4, -0.2) is 34.3 Å². The van der Waals surface area contributed by atoms with Gasteiger partial charge in [0.05, 0.1) is 10.6 Å². The molecule has 1 aliphatic heterocycles. The Morgan fingerprint density at radius 2 is 2.04 bits per heavy atom. The zero-order valence-corrected chi connectivity index (χ0v) is 14.3. The molecule has 3 atom stereocenters. The van der Waals surface area contributed by atoms with Crippen molar-refractivity contribution in [3.05, 3.63) is 27.5 Å². The molecule has 0 unspecified atom stereocenters. The fourth-order valence-electron chi connectivity index (χ4n) is 3.77. The number of nitrogens with zero attached hydrogens (tertiary/aromatic N) is 3. The molecule has 2 aromatic rings. The summed E-state index contributed by atoms with van der Waals surface area (Å²) in [6.45, 7) is 1.29. The van der Waals surface area contributed by atoms with E-state index in [9.17, 15) is 13.9 Å². The van der Waals surface area contributed by atoms with Gasteiger partial charge in [-0.25, -0.2) is 13.8 Å². The summed E-state index contributed by atoms with van der Waals surface area (Å²) in [7, 11) is 0. The highest BCUT2D eigenvalue weighted by Gasteiger charge is 2.40. The van der Waals surface area contributed by atoms with Crippen LogP contribution < -0.4 is 4.90 Å². The van der Waals surface area contributed by atoms with Crippen molar-refractivity contribution in [2.75, 3.05) is 18.0 Å². The lowest BCUT2D eigenvalue weighted by molar-refractivity contribution is 0.137. The van der Waals surface area contributed by atoms with Gasteiger partial charge in [0.15, 0.2) is 5.82 Å². The molecule has 8 heteroatoms. The molecule has 2 fully saturated rings. The van der Waals surface area contributed by atoms with E-state index in [1.54, 1.807) is 0 Å². The van der Waals surface area contributed by atoms with Crippen LogP contribution in [0, 0.1) is 23.5 Å². The van der Waals surface area contributed by atoms with Crippen molar-refractivity contribution in [1.29, 1.82) is 0 Å². The minimum absolute atomic E-state index is 0.00764. The number of fused-ring (bicyclic) bond motifs is 3. The van der Waals surface area contributed by atoms with E-state index < -0.39 is 11.6 Å². The summed E-state index contributed by atoms with van der Waals surface area (Å²) < 4.78 is 28.0. The molecule has 1 saturated heterocycles. The van der Waals surface area contributed by atoms with Crippen molar-refractivity contribution in [3.63, 3.8) is 0 Å². The van der Waals surface area contributed by atoms with E-state index in [0.29, 0.717) is 30.2 Å². The molecule has 1 saturated carbocycles. The topological polar surface area (TPSA) is 49.2 Å². The molecule has 4 nitrogen and oxygen atoms in total. The molecule has 1 aromatic carbocycles. The Hall–Kier alpha value is -1.05. The first-order valence-corrected chi connectivity index (χ1v) is 8.55. The molecule has 2 heterocycles. The molecule has 23 heavy (non-hydrogen) atoms. The van der Waals surface area contributed by atoms with Crippen molar-refractivity contribution in [3.8, 4) is 0 Å². The summed E-state index contributed by atoms with van der Waals surface area (Å²) in [5.74, 6) is -0.553. The summed E-state index contributed by atoms with van der Waals surface area (Å²) in [5.41, 5.74) is -0.00764. The predicted octanol–water partition coefficient (Wildman–Crippen LogP) is 3.53. The van der Waals surface area contributed by atoms with Crippen LogP contribution in [0.2, 0.25) is 5.28 Å². The van der Waals surface area contributed by atoms with Crippen LogP contribution in [0.3, 0.4) is 0 Å². The van der Waals surface area contributed by atoms with E-state index in [1.807, 2.05) is 4.90 Å². The van der Waals surface area contributed by atoms with Crippen LogP contribution in [0.25, 0.3) is 10.9 Å². The zero-order chi connectivity index (χ0) is 16.3. The van der Waals surface area contributed by atoms with E-state index in [-0.39, 0.29) is 27.3 Å². The summed E-state index contributed by atoms with van der Waals surface area (Å²) in [6.07, 6.45) is 1.41. The SMILES string of the molecule is O[C@@H]1C[C@@H]2C[C@H]1CN(c1nc(Cl)nc3c(F)c(Br)c(F)cc13)C2. The largest absolute Gasteiger partial charge is 0.393 e. The predicted molar refractivity (Wildman–Crippen MR) is 86.6 cm³/mol. The Morgan fingerprint density at radius 3 is 2.78 bits per heavy atom. The number of benzene rings is 1. The van der Waals surface area contributed by atoms with Crippen molar-refractivity contribution in [1.82, 2.24) is 9.97 Å². The molecule has 0 amide bonds. The van der Waals surface area contributed by atoms with Gasteiger partial charge >= 0.3 is 0 Å². The Kier molecular flexibility index (Phi) is 3.70. The van der Waals surface area contributed by atoms with Gasteiger partial charge in [-0.05, 0) is 52.4 Å². The number of aliphatic hydroxyl groups is 1. The maximum Gasteiger partial charge on any atom is 0.225 e. The van der Waals surface area contributed by atoms with E-state index >= 15 is 0 Å². The second-order valence-electron chi connectivity index (χ2n) is 6.27. The van der Waals surface area contributed by atoms with Crippen LogP contribution in [0.15, 0.2) is 10.5 Å². The lowest BCUT2D eigenvalue weighted by atomic mass is 9.98. The van der Waals surface area contributed by atoms with Crippen molar-refractivity contribution >= 4 is 44.3 Å². The highest BCUT2D eigenvalue weighted by Crippen LogP contribution is 2.40. The zero-order valence-electron chi connectivity index (χ0n) is 11.9. The summed E-state index contributed by atoms with van der Waals surface area (Å²) in [5, 5.41) is 10.3. The highest BCUT2D eigenvalue weighted by molar-refractivity contribution is 9.10. The molecule has 0 radical (unpaired) electrons. The third-order valence-corrected chi connectivity index (χ3v) is 5.66. The van der Waals surface area contributed by atoms with Gasteiger partial charge in [0.2, 0.25) is 5.28 Å². The van der Waals surface area contributed by atoms with Crippen LogP contribution >= 0.6 is 27.5 Å². The fourth-order valence-corrected chi connectivity index (χ4v) is 4.24. The number of hydrogen-bond acceptors (Lipinski definition) is 4. The Labute approximate surface area is 144 Å². The average Bonchev–Trinajstić information content (AvgIpc) is 2.77. The molecule has 1 aromatic heterocycles. The van der Waals surface area contributed by atoms with Gasteiger partial charge in [-0.3, -0.25) is 0 Å². The maximum atomic E-state index is 14.3. The second-order valence-corrected chi connectivity index (χ2v) is 7.40. The number of hydrogen-bond donors (Lipinski definition) is 1. The molecule has 0 spiro atoms. The average molecular weight is 405 g/mol. The monoisotopic (exact) mass is 403 g/mol. The molecule has 1 aliphatic carbocycles. The lowest BCUT2D eigenvalue weighted by Gasteiger charge is -2.33. The summed E-state index contributed by atoms with van der Waals surface area (Å²) >= 11 is 8.83. The molecular weight excluding hydrogens is 392 g/mol. The van der Waals surface area contributed by atoms with Gasteiger partial charge in [0.25, 0.3) is 0 Å². The molecule has 1 N–H and O–H groups in total. The number of piperidine rings is 1. The number of aliphatic hydroxyl groups excluding tert-OH is 1. The van der Waals surface area contributed by atoms with Crippen LogP contribution in [0.1, 0.15) is 12.8 Å². The first-order valence-electron chi connectivity index (χ1n) is 7.37. The first kappa shape index (κ1) is 15.5. The number of anilines is 1. The van der Waals surface area contributed by atoms with E-state index in [4.69, 9.17) is 11.6 Å². The van der Waals surface area contributed by atoms with Crippen molar-refractivity contribution in [2.45, 2.75) is 18.9 Å². The van der Waals surface area contributed by atoms with Gasteiger partial charge < -0.3 is 10.0 Å². The third-order valence-electron chi connectivity index (χ3n) is 4.77. The van der Waals surface area contributed by atoms with Crippen LogP contribution in [0.4, 0.5) is 14.6 Å². The Bertz CT molecular complexity index is 804. The van der Waals surface area contributed by atoms with E-state index in [0.717, 1.165) is 12.8 Å². The van der Waals surface area contributed by atoms with Gasteiger partial charge in [0.1, 0.15) is 17.2 Å². The summed E-state index contributed by atoms with van der Waals surface area (Å²) in [4.78, 5) is 10.1. The van der Waals surface area contributed by atoms with Gasteiger partial charge in [-0.2, -0.15) is 4.98 Å². The van der Waals surface area contributed by atoms with E-state index in [1.165, 1.54) is 6.07 Å². The van der Waals surface area contributed by atoms with Crippen molar-refractivity contribution < 1.29 is 13.9 Å². The molecule has 2 aliphatic rings. The number of aromatic nitrogens is 2. The normalized spacial score (nSPS) is 27.0. The molecule has 122 valence electrons. The van der Waals surface area contributed by atoms with Crippen molar-refractivity contribution in [2.24, 2.45) is 11.8 Å². The third kappa shape index (κ3) is 2.49. The van der Waals surface area contributed by atoms with Gasteiger partial charge in [-0.1, -0.05) is 0 Å². The first-order chi connectivity index (χ1) is 10.9. The fraction of sp³-hybridized carbons (Fsp3) is 0.467. The minimum atomic E-state index is -0.787. The molecular formula is C15H13BrClF2N3O. The molecule has 4 rings (SSSR count). The Balaban J connectivity index is 1.87. The second kappa shape index (κ2) is 5.50. The molecule has 2 bridgehead atoms. The standard InChI is InChI=1S/C15H13BrClF2N3O/c16-11-9(18)3-8-13(12(11)19)20-15(17)21-14(8)22-4-6-1-7(5-22)10(23)2-6/h3,6-7,10,23H,1-2,4-5H2/t6-,7-,10+/m0/s1.